The van der Waals surface area contributed by atoms with Crippen LogP contribution < -0.4 is 10.5 Å². The minimum atomic E-state index is 0.114. The lowest BCUT2D eigenvalue weighted by molar-refractivity contribution is 0.0783. The third kappa shape index (κ3) is 3.12. The van der Waals surface area contributed by atoms with Crippen LogP contribution in [-0.4, -0.2) is 36.5 Å². The van der Waals surface area contributed by atoms with Crippen molar-refractivity contribution >= 4 is 5.91 Å². The second kappa shape index (κ2) is 6.69. The highest BCUT2D eigenvalue weighted by atomic mass is 16.5. The molecule has 1 heterocycles. The number of rotatable bonds is 4. The van der Waals surface area contributed by atoms with Crippen LogP contribution in [0.4, 0.5) is 0 Å². The third-order valence-electron chi connectivity index (χ3n) is 4.99. The zero-order valence-electron chi connectivity index (χ0n) is 13.3. The van der Waals surface area contributed by atoms with Gasteiger partial charge in [-0.2, -0.15) is 0 Å². The van der Waals surface area contributed by atoms with Crippen LogP contribution in [-0.2, 0) is 0 Å². The molecule has 0 bridgehead atoms. The van der Waals surface area contributed by atoms with E-state index in [1.165, 1.54) is 12.8 Å². The van der Waals surface area contributed by atoms with E-state index >= 15 is 0 Å². The Kier molecular flexibility index (Phi) is 4.67. The summed E-state index contributed by atoms with van der Waals surface area (Å²) in [5.74, 6) is 1.97. The summed E-state index contributed by atoms with van der Waals surface area (Å²) in [6, 6.07) is 7.80. The van der Waals surface area contributed by atoms with Gasteiger partial charge in [-0.05, 0) is 49.3 Å². The lowest BCUT2D eigenvalue weighted by atomic mass is 9.78. The molecule has 1 aromatic rings. The van der Waals surface area contributed by atoms with Gasteiger partial charge in [0.25, 0.3) is 5.91 Å². The minimum Gasteiger partial charge on any atom is -0.494 e. The number of nitrogens with two attached hydrogens (primary N) is 1. The molecule has 120 valence electrons. The van der Waals surface area contributed by atoms with E-state index in [2.05, 4.69) is 6.92 Å². The molecular formula is C18H26N2O2. The summed E-state index contributed by atoms with van der Waals surface area (Å²) >= 11 is 0. The summed E-state index contributed by atoms with van der Waals surface area (Å²) in [6.45, 7) is 4.42. The number of likely N-dealkylation sites (tertiary alicyclic amines) is 1. The monoisotopic (exact) mass is 302 g/mol. The van der Waals surface area contributed by atoms with Gasteiger partial charge < -0.3 is 15.4 Å². The topological polar surface area (TPSA) is 55.6 Å². The van der Waals surface area contributed by atoms with Gasteiger partial charge in [-0.1, -0.05) is 19.4 Å². The number of ether oxygens (including phenoxy) is 1. The maximum Gasteiger partial charge on any atom is 0.254 e. The predicted molar refractivity (Wildman–Crippen MR) is 86.9 cm³/mol. The Balaban J connectivity index is 1.69. The number of carbonyl (C=O) groups excluding carboxylic acids is 1. The molecule has 3 rings (SSSR count). The number of nitrogens with zero attached hydrogens (tertiary/aromatic N) is 1. The van der Waals surface area contributed by atoms with Crippen LogP contribution in [0.15, 0.2) is 24.3 Å². The maximum absolute atomic E-state index is 12.8. The fourth-order valence-electron chi connectivity index (χ4n) is 3.80. The van der Waals surface area contributed by atoms with Gasteiger partial charge in [0.2, 0.25) is 0 Å². The van der Waals surface area contributed by atoms with Gasteiger partial charge >= 0.3 is 0 Å². The Morgan fingerprint density at radius 2 is 2.23 bits per heavy atom. The maximum atomic E-state index is 12.8. The molecule has 4 heteroatoms. The summed E-state index contributed by atoms with van der Waals surface area (Å²) in [5.41, 5.74) is 6.96. The van der Waals surface area contributed by atoms with Crippen LogP contribution in [0, 0.1) is 11.8 Å². The largest absolute Gasteiger partial charge is 0.494 e. The first kappa shape index (κ1) is 15.3. The number of hydrogen-bond donors (Lipinski definition) is 1. The van der Waals surface area contributed by atoms with Gasteiger partial charge in [-0.3, -0.25) is 4.79 Å². The summed E-state index contributed by atoms with van der Waals surface area (Å²) in [5, 5.41) is 0. The lowest BCUT2D eigenvalue weighted by Crippen LogP contribution is -2.38. The zero-order valence-corrected chi connectivity index (χ0v) is 13.3. The first-order chi connectivity index (χ1) is 10.7. The van der Waals surface area contributed by atoms with Crippen molar-refractivity contribution in [3.63, 3.8) is 0 Å². The number of hydrogen-bond acceptors (Lipinski definition) is 3. The highest BCUT2D eigenvalue weighted by molar-refractivity contribution is 5.94. The summed E-state index contributed by atoms with van der Waals surface area (Å²) in [4.78, 5) is 14.7. The Hall–Kier alpha value is -1.55. The van der Waals surface area contributed by atoms with E-state index in [-0.39, 0.29) is 11.9 Å². The molecule has 0 radical (unpaired) electrons. The van der Waals surface area contributed by atoms with Crippen molar-refractivity contribution in [1.29, 1.82) is 0 Å². The van der Waals surface area contributed by atoms with Crippen molar-refractivity contribution in [1.82, 2.24) is 4.90 Å². The lowest BCUT2D eigenvalue weighted by Gasteiger charge is -2.29. The van der Waals surface area contributed by atoms with Crippen LogP contribution in [0.5, 0.6) is 5.75 Å². The summed E-state index contributed by atoms with van der Waals surface area (Å²) < 4.78 is 5.63. The molecule has 1 saturated heterocycles. The summed E-state index contributed by atoms with van der Waals surface area (Å²) in [7, 11) is 0. The van der Waals surface area contributed by atoms with Gasteiger partial charge in [0.1, 0.15) is 5.75 Å². The second-order valence-electron chi connectivity index (χ2n) is 6.61. The molecule has 22 heavy (non-hydrogen) atoms. The van der Waals surface area contributed by atoms with Crippen molar-refractivity contribution in [2.45, 2.75) is 38.6 Å². The van der Waals surface area contributed by atoms with E-state index in [1.54, 1.807) is 0 Å². The molecule has 3 unspecified atom stereocenters. The van der Waals surface area contributed by atoms with Crippen LogP contribution in [0.25, 0.3) is 0 Å². The van der Waals surface area contributed by atoms with E-state index in [4.69, 9.17) is 10.5 Å². The fraction of sp³-hybridized carbons (Fsp3) is 0.611. The third-order valence-corrected chi connectivity index (χ3v) is 4.99. The van der Waals surface area contributed by atoms with E-state index in [0.717, 1.165) is 37.2 Å². The molecule has 1 aliphatic carbocycles. The molecule has 0 aromatic heterocycles. The van der Waals surface area contributed by atoms with Crippen LogP contribution in [0.1, 0.15) is 43.0 Å². The fourth-order valence-corrected chi connectivity index (χ4v) is 3.80. The smallest absolute Gasteiger partial charge is 0.254 e. The minimum absolute atomic E-state index is 0.114. The molecule has 2 N–H and O–H groups in total. The van der Waals surface area contributed by atoms with E-state index < -0.39 is 0 Å². The van der Waals surface area contributed by atoms with Crippen molar-refractivity contribution in [2.24, 2.45) is 17.6 Å². The van der Waals surface area contributed by atoms with Gasteiger partial charge in [-0.25, -0.2) is 0 Å². The van der Waals surface area contributed by atoms with Gasteiger partial charge in [0.15, 0.2) is 0 Å². The van der Waals surface area contributed by atoms with Crippen molar-refractivity contribution in [2.75, 3.05) is 19.7 Å². The molecule has 2 fully saturated rings. The number of amides is 1. The van der Waals surface area contributed by atoms with Crippen molar-refractivity contribution in [3.8, 4) is 5.75 Å². The van der Waals surface area contributed by atoms with Gasteiger partial charge in [0.05, 0.1) is 6.61 Å². The Labute approximate surface area is 132 Å². The molecule has 1 aromatic carbocycles. The highest BCUT2D eigenvalue weighted by Gasteiger charge is 2.40. The molecular weight excluding hydrogens is 276 g/mol. The van der Waals surface area contributed by atoms with E-state index in [9.17, 15) is 4.79 Å². The average Bonchev–Trinajstić information content (AvgIpc) is 2.98. The zero-order chi connectivity index (χ0) is 15.5. The highest BCUT2D eigenvalue weighted by Crippen LogP contribution is 2.36. The first-order valence-electron chi connectivity index (χ1n) is 8.46. The quantitative estimate of drug-likeness (QED) is 0.930. The first-order valence-corrected chi connectivity index (χ1v) is 8.46. The molecule has 4 nitrogen and oxygen atoms in total. The normalized spacial score (nSPS) is 27.5. The van der Waals surface area contributed by atoms with Crippen LogP contribution in [0.2, 0.25) is 0 Å². The van der Waals surface area contributed by atoms with Gasteiger partial charge in [-0.15, -0.1) is 0 Å². The number of carbonyl (C=O) groups is 1. The van der Waals surface area contributed by atoms with Crippen molar-refractivity contribution < 1.29 is 9.53 Å². The predicted octanol–water partition coefficient (Wildman–Crippen LogP) is 2.67. The number of fused-ring (bicyclic) bond motifs is 1. The van der Waals surface area contributed by atoms with Crippen molar-refractivity contribution in [3.05, 3.63) is 29.8 Å². The average molecular weight is 302 g/mol. The molecule has 1 saturated carbocycles. The Morgan fingerprint density at radius 3 is 3.00 bits per heavy atom. The van der Waals surface area contributed by atoms with E-state index in [1.807, 2.05) is 29.2 Å². The molecule has 0 spiro atoms. The molecule has 3 atom stereocenters. The SMILES string of the molecule is CCCOc1cccc(C(=O)N2CC3CCCC(N)C3C2)c1. The molecule has 1 aliphatic heterocycles. The Bertz CT molecular complexity index is 532. The van der Waals surface area contributed by atoms with Crippen LogP contribution in [0.3, 0.4) is 0 Å². The summed E-state index contributed by atoms with van der Waals surface area (Å²) in [6.07, 6.45) is 4.47. The molecule has 2 aliphatic rings. The second-order valence-corrected chi connectivity index (χ2v) is 6.61. The number of benzene rings is 1. The van der Waals surface area contributed by atoms with Crippen LogP contribution >= 0.6 is 0 Å². The Morgan fingerprint density at radius 1 is 1.36 bits per heavy atom. The standard InChI is InChI=1S/C18H26N2O2/c1-2-9-22-15-7-3-5-13(10-15)18(21)20-11-14-6-4-8-17(19)16(14)12-20/h3,5,7,10,14,16-17H,2,4,6,8-9,11-12,19H2,1H3. The molecule has 1 amide bonds. The van der Waals surface area contributed by atoms with E-state index in [0.29, 0.717) is 18.4 Å². The van der Waals surface area contributed by atoms with Gasteiger partial charge in [0, 0.05) is 24.7 Å².